The second kappa shape index (κ2) is 9.94. The Hall–Kier alpha value is -3.88. The number of nitrogens with zero attached hydrogens (tertiary/aromatic N) is 4. The summed E-state index contributed by atoms with van der Waals surface area (Å²) in [5, 5.41) is 14.3. The minimum absolute atomic E-state index is 0.395. The molecule has 34 heavy (non-hydrogen) atoms. The minimum atomic E-state index is 0.395. The summed E-state index contributed by atoms with van der Waals surface area (Å²) >= 11 is 1.32. The van der Waals surface area contributed by atoms with Gasteiger partial charge in [0.1, 0.15) is 6.61 Å². The van der Waals surface area contributed by atoms with E-state index in [4.69, 9.17) is 15.3 Å². The molecule has 8 heteroatoms. The number of rotatable bonds is 8. The van der Waals surface area contributed by atoms with Crippen molar-refractivity contribution < 1.29 is 9.47 Å². The molecule has 7 nitrogen and oxygen atoms in total. The Morgan fingerprint density at radius 2 is 1.71 bits per heavy atom. The van der Waals surface area contributed by atoms with Crippen molar-refractivity contribution in [3.63, 3.8) is 0 Å². The van der Waals surface area contributed by atoms with Crippen LogP contribution in [0, 0.1) is 0 Å². The van der Waals surface area contributed by atoms with E-state index in [0.29, 0.717) is 29.3 Å². The van der Waals surface area contributed by atoms with Gasteiger partial charge < -0.3 is 15.3 Å². The fourth-order valence-electron chi connectivity index (χ4n) is 3.78. The predicted octanol–water partition coefficient (Wildman–Crippen LogP) is 5.11. The second-order valence-electron chi connectivity index (χ2n) is 7.56. The number of methoxy groups -OCH3 is 1. The highest BCUT2D eigenvalue weighted by molar-refractivity contribution is 8.02. The van der Waals surface area contributed by atoms with Crippen molar-refractivity contribution in [2.24, 2.45) is 0 Å². The number of pyridine rings is 1. The fraction of sp³-hybridized carbons (Fsp3) is 0.115. The van der Waals surface area contributed by atoms with Gasteiger partial charge in [-0.15, -0.1) is 10.2 Å². The first-order chi connectivity index (χ1) is 16.7. The quantitative estimate of drug-likeness (QED) is 0.111. The van der Waals surface area contributed by atoms with E-state index < -0.39 is 0 Å². The van der Waals surface area contributed by atoms with Crippen LogP contribution in [0.4, 0.5) is 0 Å². The monoisotopic (exact) mass is 469 g/mol. The molecule has 0 amide bonds. The summed E-state index contributed by atoms with van der Waals surface area (Å²) in [5.41, 5.74) is 1.86. The molecule has 0 saturated heterocycles. The zero-order valence-corrected chi connectivity index (χ0v) is 19.4. The van der Waals surface area contributed by atoms with Gasteiger partial charge in [0.15, 0.2) is 10.9 Å². The van der Waals surface area contributed by atoms with E-state index >= 15 is 0 Å². The summed E-state index contributed by atoms with van der Waals surface area (Å²) in [6.07, 6.45) is 5.45. The molecule has 0 bridgehead atoms. The van der Waals surface area contributed by atoms with Crippen LogP contribution in [-0.2, 0) is 9.47 Å². The summed E-state index contributed by atoms with van der Waals surface area (Å²) < 4.78 is 12.8. The topological polar surface area (TPSA) is 88.1 Å². The molecule has 0 spiro atoms. The first-order valence-electron chi connectivity index (χ1n) is 10.8. The fourth-order valence-corrected chi connectivity index (χ4v) is 4.54. The molecule has 0 unspecified atom stereocenters. The molecule has 5 rings (SSSR count). The Morgan fingerprint density at radius 1 is 0.971 bits per heavy atom. The first-order valence-corrected chi connectivity index (χ1v) is 11.6. The molecule has 170 valence electrons. The zero-order chi connectivity index (χ0) is 23.3. The van der Waals surface area contributed by atoms with Gasteiger partial charge in [-0.25, -0.2) is 4.68 Å². The van der Waals surface area contributed by atoms with Gasteiger partial charge in [0.25, 0.3) is 0 Å². The number of fused-ring (bicyclic) bond motifs is 2. The Morgan fingerprint density at radius 3 is 2.38 bits per heavy atom. The van der Waals surface area contributed by atoms with Crippen molar-refractivity contribution in [1.82, 2.24) is 19.9 Å². The lowest BCUT2D eigenvalue weighted by molar-refractivity contribution is 0.120. The SMILES string of the molecule is COCCOC(=Cc1c2ccccc2cc2ccccc12)Sc1nnc(-c2cccnc2)n1N. The van der Waals surface area contributed by atoms with Crippen molar-refractivity contribution in [3.8, 4) is 11.4 Å². The van der Waals surface area contributed by atoms with Gasteiger partial charge in [-0.2, -0.15) is 0 Å². The number of nitrogen functional groups attached to an aromatic ring is 1. The molecule has 0 fully saturated rings. The molecule has 2 heterocycles. The van der Waals surface area contributed by atoms with Gasteiger partial charge in [-0.05, 0) is 63.1 Å². The Bertz CT molecular complexity index is 1410. The summed E-state index contributed by atoms with van der Waals surface area (Å²) in [6.45, 7) is 0.858. The maximum atomic E-state index is 6.35. The average molecular weight is 470 g/mol. The third-order valence-corrected chi connectivity index (χ3v) is 6.28. The van der Waals surface area contributed by atoms with Gasteiger partial charge in [-0.3, -0.25) is 4.98 Å². The second-order valence-corrected chi connectivity index (χ2v) is 8.53. The van der Waals surface area contributed by atoms with Gasteiger partial charge in [0.2, 0.25) is 5.16 Å². The molecule has 0 aliphatic rings. The van der Waals surface area contributed by atoms with Crippen LogP contribution in [0.15, 0.2) is 89.4 Å². The standard InChI is InChI=1S/C26H23N5O2S/c1-32-13-14-33-24(34-26-30-29-25(31(26)27)20-9-6-12-28-17-20)16-23-21-10-4-2-7-18(21)15-19-8-3-5-11-22(19)23/h2-12,15-17H,13-14,27H2,1H3. The summed E-state index contributed by atoms with van der Waals surface area (Å²) in [4.78, 5) is 4.14. The van der Waals surface area contributed by atoms with Crippen LogP contribution in [0.1, 0.15) is 5.56 Å². The normalized spacial score (nSPS) is 11.9. The number of aromatic nitrogens is 4. The summed E-state index contributed by atoms with van der Waals surface area (Å²) in [7, 11) is 1.65. The first kappa shape index (κ1) is 21.9. The third kappa shape index (κ3) is 4.46. The smallest absolute Gasteiger partial charge is 0.217 e. The Labute approximate surface area is 201 Å². The molecule has 3 aromatic carbocycles. The van der Waals surface area contributed by atoms with Crippen LogP contribution in [0.25, 0.3) is 39.0 Å². The molecular formula is C26H23N5O2S. The Balaban J connectivity index is 1.59. The van der Waals surface area contributed by atoms with Crippen molar-refractivity contribution in [1.29, 1.82) is 0 Å². The molecule has 0 aliphatic heterocycles. The van der Waals surface area contributed by atoms with Gasteiger partial charge in [-0.1, -0.05) is 48.5 Å². The highest BCUT2D eigenvalue weighted by Gasteiger charge is 2.16. The Kier molecular flexibility index (Phi) is 6.42. The third-order valence-electron chi connectivity index (χ3n) is 5.38. The van der Waals surface area contributed by atoms with Crippen molar-refractivity contribution >= 4 is 39.4 Å². The van der Waals surface area contributed by atoms with Gasteiger partial charge >= 0.3 is 0 Å². The average Bonchev–Trinajstić information content (AvgIpc) is 3.24. The summed E-state index contributed by atoms with van der Waals surface area (Å²) in [6, 6.07) is 22.6. The van der Waals surface area contributed by atoms with E-state index in [1.54, 1.807) is 19.5 Å². The number of ether oxygens (including phenoxy) is 2. The molecule has 2 aromatic heterocycles. The van der Waals surface area contributed by atoms with Crippen LogP contribution >= 0.6 is 11.8 Å². The maximum absolute atomic E-state index is 6.35. The van der Waals surface area contributed by atoms with Crippen molar-refractivity contribution in [3.05, 3.63) is 89.8 Å². The lowest BCUT2D eigenvalue weighted by Gasteiger charge is -2.13. The largest absolute Gasteiger partial charge is 0.484 e. The molecule has 0 atom stereocenters. The number of hydrogen-bond acceptors (Lipinski definition) is 7. The van der Waals surface area contributed by atoms with E-state index in [1.807, 2.05) is 42.5 Å². The van der Waals surface area contributed by atoms with Crippen LogP contribution in [0.2, 0.25) is 0 Å². The lowest BCUT2D eigenvalue weighted by atomic mass is 9.97. The molecule has 2 N–H and O–H groups in total. The van der Waals surface area contributed by atoms with E-state index in [2.05, 4.69) is 45.5 Å². The number of benzene rings is 3. The van der Waals surface area contributed by atoms with Crippen LogP contribution in [0.5, 0.6) is 0 Å². The van der Waals surface area contributed by atoms with Crippen molar-refractivity contribution in [2.75, 3.05) is 26.2 Å². The van der Waals surface area contributed by atoms with E-state index in [0.717, 1.165) is 32.7 Å². The molecule has 5 aromatic rings. The molecule has 0 aliphatic carbocycles. The number of nitrogens with two attached hydrogens (primary N) is 1. The molecule has 0 radical (unpaired) electrons. The van der Waals surface area contributed by atoms with Crippen molar-refractivity contribution in [2.45, 2.75) is 5.16 Å². The lowest BCUT2D eigenvalue weighted by Crippen LogP contribution is -2.12. The van der Waals surface area contributed by atoms with E-state index in [1.165, 1.54) is 16.4 Å². The highest BCUT2D eigenvalue weighted by atomic mass is 32.2. The van der Waals surface area contributed by atoms with E-state index in [9.17, 15) is 0 Å². The maximum Gasteiger partial charge on any atom is 0.217 e. The molecular weight excluding hydrogens is 446 g/mol. The number of hydrogen-bond donors (Lipinski definition) is 1. The van der Waals surface area contributed by atoms with Crippen LogP contribution < -0.4 is 5.84 Å². The predicted molar refractivity (Wildman–Crippen MR) is 137 cm³/mol. The van der Waals surface area contributed by atoms with Crippen LogP contribution in [-0.4, -0.2) is 40.2 Å². The van der Waals surface area contributed by atoms with Gasteiger partial charge in [0, 0.05) is 25.1 Å². The number of thioether (sulfide) groups is 1. The zero-order valence-electron chi connectivity index (χ0n) is 18.6. The van der Waals surface area contributed by atoms with E-state index in [-0.39, 0.29) is 0 Å². The van der Waals surface area contributed by atoms with Gasteiger partial charge in [0.05, 0.1) is 6.61 Å². The minimum Gasteiger partial charge on any atom is -0.484 e. The molecule has 0 saturated carbocycles. The van der Waals surface area contributed by atoms with Crippen LogP contribution in [0.3, 0.4) is 0 Å². The highest BCUT2D eigenvalue weighted by Crippen LogP contribution is 2.34. The summed E-state index contributed by atoms with van der Waals surface area (Å²) in [5.74, 6) is 6.88.